The van der Waals surface area contributed by atoms with E-state index in [1.165, 1.54) is 14.2 Å². The molecule has 0 saturated carbocycles. The molecule has 0 spiro atoms. The number of likely N-dealkylation sites (tertiary alicyclic amines) is 1. The highest BCUT2D eigenvalue weighted by Crippen LogP contribution is 2.30. The van der Waals surface area contributed by atoms with E-state index in [9.17, 15) is 15.0 Å². The molecule has 0 radical (unpaired) electrons. The van der Waals surface area contributed by atoms with Crippen LogP contribution in [0, 0.1) is 0 Å². The number of benzene rings is 2. The monoisotopic (exact) mass is 381 g/mol. The zero-order valence-corrected chi connectivity index (χ0v) is 16.1. The Labute approximate surface area is 163 Å². The Hall–Kier alpha value is -3.25. The minimum atomic E-state index is -0.0521. The molecule has 0 aromatic heterocycles. The lowest BCUT2D eigenvalue weighted by molar-refractivity contribution is -0.113. The van der Waals surface area contributed by atoms with Gasteiger partial charge in [-0.3, -0.25) is 9.69 Å². The Kier molecular flexibility index (Phi) is 5.70. The summed E-state index contributed by atoms with van der Waals surface area (Å²) < 4.78 is 10.1. The van der Waals surface area contributed by atoms with E-state index in [1.807, 2.05) is 11.9 Å². The van der Waals surface area contributed by atoms with Gasteiger partial charge in [-0.15, -0.1) is 0 Å². The summed E-state index contributed by atoms with van der Waals surface area (Å²) in [5, 5.41) is 19.9. The summed E-state index contributed by atoms with van der Waals surface area (Å²) in [4.78, 5) is 15.0. The number of hydrogen-bond donors (Lipinski definition) is 2. The molecule has 146 valence electrons. The molecule has 0 unspecified atom stereocenters. The highest BCUT2D eigenvalue weighted by molar-refractivity contribution is 6.14. The van der Waals surface area contributed by atoms with Crippen molar-refractivity contribution in [2.75, 3.05) is 34.4 Å². The Bertz CT molecular complexity index is 886. The van der Waals surface area contributed by atoms with Gasteiger partial charge < -0.3 is 19.7 Å². The fraction of sp³-hybridized carbons (Fsp3) is 0.227. The van der Waals surface area contributed by atoms with Crippen LogP contribution in [-0.4, -0.2) is 55.3 Å². The van der Waals surface area contributed by atoms with E-state index in [2.05, 4.69) is 0 Å². The molecule has 1 aliphatic rings. The molecule has 6 heteroatoms. The van der Waals surface area contributed by atoms with Crippen LogP contribution >= 0.6 is 0 Å². The number of rotatable bonds is 4. The van der Waals surface area contributed by atoms with Crippen molar-refractivity contribution in [2.45, 2.75) is 0 Å². The molecule has 2 aromatic rings. The van der Waals surface area contributed by atoms with Crippen LogP contribution in [0.15, 0.2) is 47.5 Å². The predicted molar refractivity (Wildman–Crippen MR) is 108 cm³/mol. The number of hydrogen-bond acceptors (Lipinski definition) is 6. The highest BCUT2D eigenvalue weighted by Gasteiger charge is 2.24. The number of likely N-dealkylation sites (N-methyl/N-ethyl adjacent to an activating group) is 1. The van der Waals surface area contributed by atoms with E-state index >= 15 is 0 Å². The van der Waals surface area contributed by atoms with Crippen molar-refractivity contribution in [2.24, 2.45) is 0 Å². The van der Waals surface area contributed by atoms with Gasteiger partial charge in [0.05, 0.1) is 14.2 Å². The molecule has 1 heterocycles. The third kappa shape index (κ3) is 4.18. The van der Waals surface area contributed by atoms with Gasteiger partial charge >= 0.3 is 0 Å². The first-order valence-corrected chi connectivity index (χ1v) is 8.79. The Balaban J connectivity index is 1.92. The standard InChI is InChI=1S/C22H23NO5/c1-23-12-16(8-14-4-6-20(27-2)18(24)10-14)22(26)17(13-23)9-15-5-7-21(28-3)19(25)11-15/h4-11,24-25H,12-13H2,1-3H3/b16-8-,17-9-. The van der Waals surface area contributed by atoms with Gasteiger partial charge in [0.25, 0.3) is 0 Å². The number of Topliss-reactive ketones (excluding diaryl/α,β-unsaturated/α-hetero) is 1. The number of methoxy groups -OCH3 is 2. The van der Waals surface area contributed by atoms with Crippen LogP contribution in [0.25, 0.3) is 12.2 Å². The molecular weight excluding hydrogens is 358 g/mol. The lowest BCUT2D eigenvalue weighted by Gasteiger charge is -2.26. The van der Waals surface area contributed by atoms with Crippen LogP contribution in [0.3, 0.4) is 0 Å². The van der Waals surface area contributed by atoms with Crippen LogP contribution in [-0.2, 0) is 4.79 Å². The summed E-state index contributed by atoms with van der Waals surface area (Å²) >= 11 is 0. The summed E-state index contributed by atoms with van der Waals surface area (Å²) in [5.41, 5.74) is 2.70. The molecule has 1 aliphatic heterocycles. The number of carbonyl (C=O) groups excluding carboxylic acids is 1. The smallest absolute Gasteiger partial charge is 0.187 e. The second kappa shape index (κ2) is 8.19. The average molecular weight is 381 g/mol. The van der Waals surface area contributed by atoms with Crippen molar-refractivity contribution in [1.29, 1.82) is 0 Å². The van der Waals surface area contributed by atoms with E-state index in [0.29, 0.717) is 35.7 Å². The van der Waals surface area contributed by atoms with E-state index in [4.69, 9.17) is 9.47 Å². The third-order valence-electron chi connectivity index (χ3n) is 4.55. The van der Waals surface area contributed by atoms with Crippen molar-refractivity contribution in [3.8, 4) is 23.0 Å². The van der Waals surface area contributed by atoms with Crippen LogP contribution in [0.1, 0.15) is 11.1 Å². The lowest BCUT2D eigenvalue weighted by atomic mass is 9.94. The van der Waals surface area contributed by atoms with Crippen molar-refractivity contribution in [3.63, 3.8) is 0 Å². The second-order valence-corrected chi connectivity index (χ2v) is 6.70. The number of piperidine rings is 1. The van der Waals surface area contributed by atoms with Gasteiger partial charge in [0, 0.05) is 24.2 Å². The maximum absolute atomic E-state index is 13.0. The first-order chi connectivity index (χ1) is 13.4. The number of carbonyl (C=O) groups is 1. The summed E-state index contributed by atoms with van der Waals surface area (Å²) in [6.07, 6.45) is 3.55. The van der Waals surface area contributed by atoms with Crippen LogP contribution in [0.4, 0.5) is 0 Å². The molecule has 0 bridgehead atoms. The van der Waals surface area contributed by atoms with E-state index in [-0.39, 0.29) is 17.3 Å². The van der Waals surface area contributed by atoms with Gasteiger partial charge in [-0.05, 0) is 54.6 Å². The summed E-state index contributed by atoms with van der Waals surface area (Å²) in [5.74, 6) is 0.767. The molecule has 2 aromatic carbocycles. The normalized spacial score (nSPS) is 17.9. The molecule has 0 atom stereocenters. The number of phenolic OH excluding ortho intramolecular Hbond substituents is 2. The maximum Gasteiger partial charge on any atom is 0.187 e. The Morgan fingerprint density at radius 1 is 0.857 bits per heavy atom. The molecule has 6 nitrogen and oxygen atoms in total. The minimum Gasteiger partial charge on any atom is -0.504 e. The molecular formula is C22H23NO5. The molecule has 3 rings (SSSR count). The molecule has 2 N–H and O–H groups in total. The minimum absolute atomic E-state index is 0.0259. The fourth-order valence-electron chi connectivity index (χ4n) is 3.21. The fourth-order valence-corrected chi connectivity index (χ4v) is 3.21. The number of ether oxygens (including phenoxy) is 2. The van der Waals surface area contributed by atoms with Gasteiger partial charge in [-0.2, -0.15) is 0 Å². The van der Waals surface area contributed by atoms with Crippen molar-refractivity contribution < 1.29 is 24.5 Å². The summed E-state index contributed by atoms with van der Waals surface area (Å²) in [6, 6.07) is 10.0. The van der Waals surface area contributed by atoms with Gasteiger partial charge in [-0.25, -0.2) is 0 Å². The van der Waals surface area contributed by atoms with E-state index < -0.39 is 0 Å². The first-order valence-electron chi connectivity index (χ1n) is 8.79. The quantitative estimate of drug-likeness (QED) is 0.793. The van der Waals surface area contributed by atoms with Crippen molar-refractivity contribution in [3.05, 3.63) is 58.7 Å². The van der Waals surface area contributed by atoms with Crippen LogP contribution in [0.2, 0.25) is 0 Å². The SMILES string of the molecule is COc1ccc(/C=C2/CN(C)C/C(=C/c3ccc(OC)c(O)c3)C2=O)cc1O. The van der Waals surface area contributed by atoms with Crippen LogP contribution in [0.5, 0.6) is 23.0 Å². The van der Waals surface area contributed by atoms with Gasteiger partial charge in [0.15, 0.2) is 28.8 Å². The second-order valence-electron chi connectivity index (χ2n) is 6.70. The number of phenols is 2. The number of ketones is 1. The molecule has 0 aliphatic carbocycles. The number of aromatic hydroxyl groups is 2. The molecule has 1 fully saturated rings. The average Bonchev–Trinajstić information content (AvgIpc) is 2.66. The van der Waals surface area contributed by atoms with Gasteiger partial charge in [0.1, 0.15) is 0 Å². The molecule has 28 heavy (non-hydrogen) atoms. The lowest BCUT2D eigenvalue weighted by Crippen LogP contribution is -2.34. The zero-order chi connectivity index (χ0) is 20.3. The highest BCUT2D eigenvalue weighted by atomic mass is 16.5. The topological polar surface area (TPSA) is 79.2 Å². The largest absolute Gasteiger partial charge is 0.504 e. The molecule has 0 amide bonds. The summed E-state index contributed by atoms with van der Waals surface area (Å²) in [7, 11) is 4.91. The van der Waals surface area contributed by atoms with Crippen LogP contribution < -0.4 is 9.47 Å². The molecule has 1 saturated heterocycles. The van der Waals surface area contributed by atoms with Gasteiger partial charge in [0.2, 0.25) is 0 Å². The zero-order valence-electron chi connectivity index (χ0n) is 16.1. The van der Waals surface area contributed by atoms with E-state index in [1.54, 1.807) is 48.6 Å². The third-order valence-corrected chi connectivity index (χ3v) is 4.55. The predicted octanol–water partition coefficient (Wildman–Crippen LogP) is 3.10. The summed E-state index contributed by atoms with van der Waals surface area (Å²) in [6.45, 7) is 1.02. The Morgan fingerprint density at radius 2 is 1.29 bits per heavy atom. The van der Waals surface area contributed by atoms with Gasteiger partial charge in [-0.1, -0.05) is 12.1 Å². The number of nitrogens with zero attached hydrogens (tertiary/aromatic N) is 1. The first kappa shape index (κ1) is 19.5. The van der Waals surface area contributed by atoms with Crippen molar-refractivity contribution in [1.82, 2.24) is 4.90 Å². The maximum atomic E-state index is 13.0. The Morgan fingerprint density at radius 3 is 1.64 bits per heavy atom. The van der Waals surface area contributed by atoms with Crippen molar-refractivity contribution >= 4 is 17.9 Å². The van der Waals surface area contributed by atoms with E-state index in [0.717, 1.165) is 11.1 Å².